The molecule has 0 atom stereocenters. The summed E-state index contributed by atoms with van der Waals surface area (Å²) in [5, 5.41) is 0. The van der Waals surface area contributed by atoms with Crippen molar-refractivity contribution in [2.75, 3.05) is 0 Å². The average molecular weight is 316 g/mol. The molecule has 0 aliphatic carbocycles. The van der Waals surface area contributed by atoms with Crippen molar-refractivity contribution in [2.45, 2.75) is 85.0 Å². The molecule has 0 heterocycles. The molecule has 6 nitrogen and oxygen atoms in total. The van der Waals surface area contributed by atoms with Crippen molar-refractivity contribution in [1.29, 1.82) is 0 Å². The van der Waals surface area contributed by atoms with Gasteiger partial charge in [0.2, 0.25) is 0 Å². The second-order valence-corrected chi connectivity index (χ2v) is 5.34. The van der Waals surface area contributed by atoms with E-state index in [1.165, 1.54) is 40.0 Å². The molecule has 0 aromatic rings. The summed E-state index contributed by atoms with van der Waals surface area (Å²) in [6.45, 7) is 5.68. The number of carbonyl (C=O) groups excluding carboxylic acids is 3. The second-order valence-electron chi connectivity index (χ2n) is 5.34. The van der Waals surface area contributed by atoms with Crippen LogP contribution in [0.15, 0.2) is 0 Å². The SMILES string of the molecule is CCCCCCCCCC(OC(C)=O)(OC(C)=O)OC(C)=O. The first-order chi connectivity index (χ1) is 10.3. The summed E-state index contributed by atoms with van der Waals surface area (Å²) in [5.41, 5.74) is 0. The standard InChI is InChI=1S/C16H28O6/c1-5-6-7-8-9-10-11-12-16(20-13(2)17,21-14(3)18)22-15(4)19/h5-12H2,1-4H3. The van der Waals surface area contributed by atoms with Crippen LogP contribution in [-0.4, -0.2) is 23.9 Å². The molecular weight excluding hydrogens is 288 g/mol. The number of ether oxygens (including phenoxy) is 3. The first-order valence-electron chi connectivity index (χ1n) is 7.90. The Labute approximate surface area is 132 Å². The summed E-state index contributed by atoms with van der Waals surface area (Å²) in [6.07, 6.45) is 7.42. The minimum absolute atomic E-state index is 0.138. The van der Waals surface area contributed by atoms with E-state index < -0.39 is 23.9 Å². The maximum absolute atomic E-state index is 11.2. The molecule has 0 unspecified atom stereocenters. The summed E-state index contributed by atoms with van der Waals surface area (Å²) in [7, 11) is 0. The van der Waals surface area contributed by atoms with Crippen LogP contribution in [0.3, 0.4) is 0 Å². The predicted molar refractivity (Wildman–Crippen MR) is 80.6 cm³/mol. The number of rotatable bonds is 11. The Balaban J connectivity index is 4.51. The largest absolute Gasteiger partial charge is 0.423 e. The molecule has 0 rings (SSSR count). The maximum atomic E-state index is 11.2. The fraction of sp³-hybridized carbons (Fsp3) is 0.812. The van der Waals surface area contributed by atoms with Crippen molar-refractivity contribution in [3.63, 3.8) is 0 Å². The van der Waals surface area contributed by atoms with Crippen molar-refractivity contribution in [2.24, 2.45) is 0 Å². The lowest BCUT2D eigenvalue weighted by atomic mass is 10.1. The lowest BCUT2D eigenvalue weighted by Gasteiger charge is -2.30. The molecule has 0 spiro atoms. The van der Waals surface area contributed by atoms with Gasteiger partial charge in [0.05, 0.1) is 6.42 Å². The number of hydrogen-bond acceptors (Lipinski definition) is 6. The van der Waals surface area contributed by atoms with Crippen molar-refractivity contribution in [3.05, 3.63) is 0 Å². The van der Waals surface area contributed by atoms with E-state index in [1.807, 2.05) is 0 Å². The van der Waals surface area contributed by atoms with Gasteiger partial charge in [-0.1, -0.05) is 45.4 Å². The molecule has 0 saturated heterocycles. The highest BCUT2D eigenvalue weighted by Gasteiger charge is 2.41. The molecule has 128 valence electrons. The molecular formula is C16H28O6. The average Bonchev–Trinajstić information content (AvgIpc) is 2.35. The maximum Gasteiger partial charge on any atom is 0.423 e. The zero-order chi connectivity index (χ0) is 17.0. The van der Waals surface area contributed by atoms with E-state index >= 15 is 0 Å². The monoisotopic (exact) mass is 316 g/mol. The number of hydrogen-bond donors (Lipinski definition) is 0. The Morgan fingerprint density at radius 2 is 1.05 bits per heavy atom. The molecule has 0 bridgehead atoms. The highest BCUT2D eigenvalue weighted by Crippen LogP contribution is 2.25. The van der Waals surface area contributed by atoms with Gasteiger partial charge in [0, 0.05) is 20.8 Å². The normalized spacial score (nSPS) is 10.9. The van der Waals surface area contributed by atoms with E-state index in [-0.39, 0.29) is 6.42 Å². The van der Waals surface area contributed by atoms with Gasteiger partial charge in [-0.25, -0.2) is 0 Å². The smallest absolute Gasteiger partial charge is 0.388 e. The lowest BCUT2D eigenvalue weighted by molar-refractivity contribution is -0.330. The second kappa shape index (κ2) is 11.0. The topological polar surface area (TPSA) is 78.9 Å². The van der Waals surface area contributed by atoms with Crippen LogP contribution in [0.2, 0.25) is 0 Å². The third-order valence-electron chi connectivity index (χ3n) is 2.98. The Kier molecular flexibility index (Phi) is 10.2. The van der Waals surface area contributed by atoms with E-state index in [1.54, 1.807) is 0 Å². The van der Waals surface area contributed by atoms with Crippen molar-refractivity contribution < 1.29 is 28.6 Å². The number of esters is 3. The summed E-state index contributed by atoms with van der Waals surface area (Å²) in [4.78, 5) is 33.7. The Bertz CT molecular complexity index is 323. The van der Waals surface area contributed by atoms with Crippen LogP contribution < -0.4 is 0 Å². The van der Waals surface area contributed by atoms with Crippen molar-refractivity contribution in [3.8, 4) is 0 Å². The van der Waals surface area contributed by atoms with Gasteiger partial charge in [-0.3, -0.25) is 14.4 Å². The van der Waals surface area contributed by atoms with Gasteiger partial charge in [0.1, 0.15) is 0 Å². The van der Waals surface area contributed by atoms with Crippen molar-refractivity contribution >= 4 is 17.9 Å². The predicted octanol–water partition coefficient (Wildman–Crippen LogP) is 3.47. The summed E-state index contributed by atoms with van der Waals surface area (Å²) in [6, 6.07) is 0. The van der Waals surface area contributed by atoms with Crippen LogP contribution in [0.5, 0.6) is 0 Å². The van der Waals surface area contributed by atoms with Gasteiger partial charge in [0.25, 0.3) is 0 Å². The van der Waals surface area contributed by atoms with Crippen LogP contribution in [0, 0.1) is 0 Å². The molecule has 0 N–H and O–H groups in total. The van der Waals surface area contributed by atoms with Crippen molar-refractivity contribution in [1.82, 2.24) is 0 Å². The highest BCUT2D eigenvalue weighted by molar-refractivity contribution is 5.70. The van der Waals surface area contributed by atoms with Gasteiger partial charge in [-0.05, 0) is 6.42 Å². The third kappa shape index (κ3) is 10.2. The summed E-state index contributed by atoms with van der Waals surface area (Å²) >= 11 is 0. The summed E-state index contributed by atoms with van der Waals surface area (Å²) < 4.78 is 14.9. The molecule has 6 heteroatoms. The molecule has 0 saturated carbocycles. The van der Waals surface area contributed by atoms with Gasteiger partial charge in [-0.2, -0.15) is 0 Å². The highest BCUT2D eigenvalue weighted by atomic mass is 16.9. The first-order valence-corrected chi connectivity index (χ1v) is 7.90. The molecule has 0 aromatic heterocycles. The van der Waals surface area contributed by atoms with Crippen LogP contribution in [0.4, 0.5) is 0 Å². The van der Waals surface area contributed by atoms with Crippen LogP contribution >= 0.6 is 0 Å². The molecule has 0 aliphatic rings. The molecule has 0 fully saturated rings. The van der Waals surface area contributed by atoms with E-state index in [0.717, 1.165) is 19.3 Å². The molecule has 0 amide bonds. The van der Waals surface area contributed by atoms with Crippen LogP contribution in [0.1, 0.15) is 79.1 Å². The van der Waals surface area contributed by atoms with Crippen LogP contribution in [0.25, 0.3) is 0 Å². The van der Waals surface area contributed by atoms with Crippen LogP contribution in [-0.2, 0) is 28.6 Å². The minimum atomic E-state index is -1.94. The Morgan fingerprint density at radius 3 is 1.41 bits per heavy atom. The van der Waals surface area contributed by atoms with Gasteiger partial charge in [-0.15, -0.1) is 0 Å². The number of unbranched alkanes of at least 4 members (excludes halogenated alkanes) is 6. The fourth-order valence-electron chi connectivity index (χ4n) is 2.17. The van der Waals surface area contributed by atoms with E-state index in [4.69, 9.17) is 14.2 Å². The zero-order valence-corrected chi connectivity index (χ0v) is 14.1. The van der Waals surface area contributed by atoms with Gasteiger partial charge in [0.15, 0.2) is 0 Å². The van der Waals surface area contributed by atoms with Gasteiger partial charge >= 0.3 is 23.9 Å². The van der Waals surface area contributed by atoms with E-state index in [9.17, 15) is 14.4 Å². The minimum Gasteiger partial charge on any atom is -0.388 e. The van der Waals surface area contributed by atoms with E-state index in [0.29, 0.717) is 6.42 Å². The molecule has 0 radical (unpaired) electrons. The Morgan fingerprint density at radius 1 is 0.682 bits per heavy atom. The molecule has 0 aliphatic heterocycles. The summed E-state index contributed by atoms with van der Waals surface area (Å²) in [5.74, 6) is -3.96. The third-order valence-corrected chi connectivity index (χ3v) is 2.98. The quantitative estimate of drug-likeness (QED) is 0.330. The first kappa shape index (κ1) is 20.4. The molecule has 22 heavy (non-hydrogen) atoms. The Hall–Kier alpha value is -1.59. The zero-order valence-electron chi connectivity index (χ0n) is 14.1. The molecule has 0 aromatic carbocycles. The van der Waals surface area contributed by atoms with E-state index in [2.05, 4.69) is 6.92 Å². The number of carbonyl (C=O) groups is 3. The van der Waals surface area contributed by atoms with Gasteiger partial charge < -0.3 is 14.2 Å². The lowest BCUT2D eigenvalue weighted by Crippen LogP contribution is -2.43. The fourth-order valence-corrected chi connectivity index (χ4v) is 2.17.